The number of nitrogens with one attached hydrogen (secondary N) is 4. The molecule has 1 fully saturated rings. The van der Waals surface area contributed by atoms with E-state index in [1.54, 1.807) is 36.4 Å². The number of benzene rings is 3. The lowest BCUT2D eigenvalue weighted by molar-refractivity contribution is -0.136. The molecule has 0 bridgehead atoms. The first-order valence-corrected chi connectivity index (χ1v) is 21.6. The van der Waals surface area contributed by atoms with Gasteiger partial charge in [-0.2, -0.15) is 9.35 Å². The third-order valence-corrected chi connectivity index (χ3v) is 10.8. The fraction of sp³-hybridized carbons (Fsp3) is 0.341. The first-order valence-electron chi connectivity index (χ1n) is 19.5. The number of imide groups is 2. The van der Waals surface area contributed by atoms with E-state index in [4.69, 9.17) is 18.9 Å². The summed E-state index contributed by atoms with van der Waals surface area (Å²) in [6.07, 6.45) is 2.74. The largest absolute Gasteiger partial charge is 0.496 e. The molecule has 2 aliphatic rings. The van der Waals surface area contributed by atoms with Crippen molar-refractivity contribution in [3.8, 4) is 17.1 Å². The van der Waals surface area contributed by atoms with Crippen LogP contribution in [0.1, 0.15) is 39.1 Å². The van der Waals surface area contributed by atoms with Crippen molar-refractivity contribution < 1.29 is 56.3 Å². The molecule has 3 heterocycles. The van der Waals surface area contributed by atoms with Crippen molar-refractivity contribution in [2.45, 2.75) is 24.6 Å². The molecule has 2 unspecified atom stereocenters. The standard InChI is InChI=1S/C41H44FN9O11S/c1-59-32-20-26(42)9-10-28(32)37-45-24-46-41(49-37)47-27-6-3-5-25(19-27)23-63(2,58)50-35(54)22-62-18-16-60-15-17-61-21-34(53)44-14-13-43-30-8-4-7-29-36(30)40(57)51(39(29)56)31-11-12-33(52)48-38(31)55/h3-10,19-20,24,31,43H,11-18,21-23H2,1-2H3,(H,44,53)(H,48,52,55)(H,45,46,47,49). The van der Waals surface area contributed by atoms with Crippen LogP contribution in [0, 0.1) is 5.82 Å². The zero-order valence-electron chi connectivity index (χ0n) is 34.2. The Labute approximate surface area is 360 Å². The SMILES string of the molecule is COc1cc(F)ccc1-c1ncnc(Nc2cccc(CS(C)(=O)=NC(=O)COCCOCCOCC(=O)NCCNc3cccc4c3C(=O)N(C3CCC(=O)NC3=O)C4=O)c2)n1. The Morgan fingerprint density at radius 2 is 1.68 bits per heavy atom. The minimum atomic E-state index is -2.97. The van der Waals surface area contributed by atoms with Crippen LogP contribution in [0.15, 0.2) is 71.4 Å². The van der Waals surface area contributed by atoms with Gasteiger partial charge in [-0.1, -0.05) is 18.2 Å². The molecule has 332 valence electrons. The average molecular weight is 890 g/mol. The highest BCUT2D eigenvalue weighted by Gasteiger charge is 2.45. The number of methoxy groups -OCH3 is 1. The van der Waals surface area contributed by atoms with Crippen molar-refractivity contribution in [2.75, 3.05) is 76.7 Å². The molecular weight excluding hydrogens is 846 g/mol. The Bertz CT molecular complexity index is 2520. The molecule has 6 amide bonds. The molecule has 2 atom stereocenters. The molecule has 4 aromatic rings. The van der Waals surface area contributed by atoms with E-state index in [1.165, 1.54) is 44.0 Å². The van der Waals surface area contributed by atoms with Gasteiger partial charge >= 0.3 is 0 Å². The summed E-state index contributed by atoms with van der Waals surface area (Å²) in [5.41, 5.74) is 2.31. The summed E-state index contributed by atoms with van der Waals surface area (Å²) in [5.74, 6) is -3.25. The van der Waals surface area contributed by atoms with Gasteiger partial charge in [0.25, 0.3) is 17.7 Å². The summed E-state index contributed by atoms with van der Waals surface area (Å²) < 4.78 is 52.1. The molecule has 63 heavy (non-hydrogen) atoms. The highest BCUT2D eigenvalue weighted by Crippen LogP contribution is 2.32. The minimum Gasteiger partial charge on any atom is -0.496 e. The van der Waals surface area contributed by atoms with Gasteiger partial charge in [-0.15, -0.1) is 0 Å². The van der Waals surface area contributed by atoms with Crippen LogP contribution in [0.3, 0.4) is 0 Å². The number of hydrogen-bond acceptors (Lipinski definition) is 16. The third kappa shape index (κ3) is 12.4. The maximum Gasteiger partial charge on any atom is 0.279 e. The predicted molar refractivity (Wildman–Crippen MR) is 224 cm³/mol. The van der Waals surface area contributed by atoms with E-state index in [2.05, 4.69) is 40.6 Å². The number of amides is 6. The molecule has 6 rings (SSSR count). The van der Waals surface area contributed by atoms with Crippen molar-refractivity contribution in [3.63, 3.8) is 0 Å². The topological polar surface area (TPSA) is 259 Å². The lowest BCUT2D eigenvalue weighted by Crippen LogP contribution is -2.54. The van der Waals surface area contributed by atoms with E-state index in [9.17, 15) is 37.4 Å². The van der Waals surface area contributed by atoms with Gasteiger partial charge in [0, 0.05) is 43.2 Å². The Morgan fingerprint density at radius 3 is 2.46 bits per heavy atom. The molecule has 0 aliphatic carbocycles. The number of halogens is 1. The average Bonchev–Trinajstić information content (AvgIpc) is 3.50. The van der Waals surface area contributed by atoms with Crippen LogP contribution in [0.4, 0.5) is 21.7 Å². The van der Waals surface area contributed by atoms with E-state index in [1.807, 2.05) is 0 Å². The van der Waals surface area contributed by atoms with Crippen molar-refractivity contribution in [1.82, 2.24) is 30.5 Å². The maximum atomic E-state index is 13.7. The molecule has 20 nitrogen and oxygen atoms in total. The number of hydrogen-bond donors (Lipinski definition) is 4. The van der Waals surface area contributed by atoms with Crippen molar-refractivity contribution >= 4 is 62.5 Å². The first kappa shape index (κ1) is 45.8. The van der Waals surface area contributed by atoms with Crippen LogP contribution in [0.5, 0.6) is 5.75 Å². The Balaban J connectivity index is 0.830. The number of ether oxygens (including phenoxy) is 4. The second-order valence-electron chi connectivity index (χ2n) is 14.1. The summed E-state index contributed by atoms with van der Waals surface area (Å²) in [6, 6.07) is 14.6. The lowest BCUT2D eigenvalue weighted by atomic mass is 10.0. The summed E-state index contributed by atoms with van der Waals surface area (Å²) in [5, 5.41) is 10.9. The number of anilines is 3. The van der Waals surface area contributed by atoms with Crippen molar-refractivity contribution in [3.05, 3.63) is 89.5 Å². The summed E-state index contributed by atoms with van der Waals surface area (Å²) in [6.45, 7) is 0.174. The van der Waals surface area contributed by atoms with Gasteiger partial charge in [-0.3, -0.25) is 39.0 Å². The number of fused-ring (bicyclic) bond motifs is 1. The second kappa shape index (κ2) is 21.4. The number of rotatable bonds is 21. The highest BCUT2D eigenvalue weighted by molar-refractivity contribution is 7.92. The van der Waals surface area contributed by atoms with Crippen LogP contribution in [-0.2, 0) is 48.9 Å². The zero-order chi connectivity index (χ0) is 44.9. The summed E-state index contributed by atoms with van der Waals surface area (Å²) >= 11 is 0. The van der Waals surface area contributed by atoms with Gasteiger partial charge in [0.15, 0.2) is 5.82 Å². The molecule has 4 N–H and O–H groups in total. The quantitative estimate of drug-likeness (QED) is 0.0691. The van der Waals surface area contributed by atoms with Crippen LogP contribution in [0.2, 0.25) is 0 Å². The van der Waals surface area contributed by atoms with Crippen molar-refractivity contribution in [1.29, 1.82) is 0 Å². The summed E-state index contributed by atoms with van der Waals surface area (Å²) in [4.78, 5) is 88.4. The van der Waals surface area contributed by atoms with Gasteiger partial charge in [-0.25, -0.2) is 18.6 Å². The number of piperidine rings is 1. The normalized spacial score (nSPS) is 15.6. The van der Waals surface area contributed by atoms with Crippen LogP contribution in [-0.4, -0.2) is 132 Å². The Hall–Kier alpha value is -6.75. The Kier molecular flexibility index (Phi) is 15.5. The lowest BCUT2D eigenvalue weighted by Gasteiger charge is -2.27. The monoisotopic (exact) mass is 889 g/mol. The molecule has 1 aromatic heterocycles. The van der Waals surface area contributed by atoms with Crippen LogP contribution < -0.4 is 26.0 Å². The molecule has 1 saturated heterocycles. The third-order valence-electron chi connectivity index (χ3n) is 9.32. The fourth-order valence-corrected chi connectivity index (χ4v) is 7.91. The first-order chi connectivity index (χ1) is 30.3. The second-order valence-corrected chi connectivity index (χ2v) is 16.5. The number of carbonyl (C=O) groups excluding carboxylic acids is 6. The van der Waals surface area contributed by atoms with Crippen LogP contribution >= 0.6 is 0 Å². The summed E-state index contributed by atoms with van der Waals surface area (Å²) in [7, 11) is -1.56. The molecule has 0 saturated carbocycles. The van der Waals surface area contributed by atoms with Crippen molar-refractivity contribution in [2.24, 2.45) is 4.36 Å². The van der Waals surface area contributed by atoms with Gasteiger partial charge in [0.1, 0.15) is 37.1 Å². The van der Waals surface area contributed by atoms with Gasteiger partial charge in [0.2, 0.25) is 23.7 Å². The van der Waals surface area contributed by atoms with Gasteiger partial charge in [-0.05, 0) is 48.4 Å². The van der Waals surface area contributed by atoms with E-state index >= 15 is 0 Å². The Morgan fingerprint density at radius 1 is 0.921 bits per heavy atom. The van der Waals surface area contributed by atoms with Crippen LogP contribution in [0.25, 0.3) is 11.4 Å². The number of carbonyl (C=O) groups is 6. The molecule has 22 heteroatoms. The van der Waals surface area contributed by atoms with Gasteiger partial charge in [0.05, 0.1) is 65.7 Å². The zero-order valence-corrected chi connectivity index (χ0v) is 35.0. The molecule has 2 aliphatic heterocycles. The smallest absolute Gasteiger partial charge is 0.279 e. The molecular formula is C41H44FN9O11S. The van der Waals surface area contributed by atoms with E-state index < -0.39 is 63.6 Å². The van der Waals surface area contributed by atoms with E-state index in [0.29, 0.717) is 22.5 Å². The molecule has 0 spiro atoms. The van der Waals surface area contributed by atoms with Gasteiger partial charge < -0.3 is 34.9 Å². The maximum absolute atomic E-state index is 13.7. The fourth-order valence-electron chi connectivity index (χ4n) is 6.56. The number of nitrogens with zero attached hydrogens (tertiary/aromatic N) is 5. The number of aromatic nitrogens is 3. The van der Waals surface area contributed by atoms with E-state index in [-0.39, 0.29) is 93.4 Å². The van der Waals surface area contributed by atoms with E-state index in [0.717, 1.165) is 4.90 Å². The molecule has 3 aromatic carbocycles. The molecule has 0 radical (unpaired) electrons. The predicted octanol–water partition coefficient (Wildman–Crippen LogP) is 2.23. The highest BCUT2D eigenvalue weighted by atomic mass is 32.2. The minimum absolute atomic E-state index is 0.0157.